The largest absolute Gasteiger partial charge is 0.459 e. The van der Waals surface area contributed by atoms with Crippen molar-refractivity contribution in [3.8, 4) is 0 Å². The first kappa shape index (κ1) is 26.5. The smallest absolute Gasteiger partial charge is 0.329 e. The predicted molar refractivity (Wildman–Crippen MR) is 133 cm³/mol. The molecule has 0 aliphatic rings. The molecule has 0 bridgehead atoms. The third-order valence-corrected chi connectivity index (χ3v) is 6.15. The number of hydrogen-bond donors (Lipinski definition) is 2. The molecule has 0 aliphatic carbocycles. The van der Waals surface area contributed by atoms with E-state index in [2.05, 4.69) is 10.6 Å². The number of hydrogen-bond acceptors (Lipinski definition) is 5. The Kier molecular flexibility index (Phi) is 9.97. The third kappa shape index (κ3) is 9.30. The van der Waals surface area contributed by atoms with Gasteiger partial charge in [-0.2, -0.15) is 11.8 Å². The molecule has 0 spiro atoms. The van der Waals surface area contributed by atoms with Crippen molar-refractivity contribution < 1.29 is 19.1 Å². The van der Waals surface area contributed by atoms with Crippen LogP contribution in [0.1, 0.15) is 50.5 Å². The zero-order valence-corrected chi connectivity index (χ0v) is 20.8. The van der Waals surface area contributed by atoms with Gasteiger partial charge in [0.1, 0.15) is 18.7 Å². The van der Waals surface area contributed by atoms with Crippen LogP contribution in [0.25, 0.3) is 0 Å². The van der Waals surface area contributed by atoms with Crippen molar-refractivity contribution in [3.63, 3.8) is 0 Å². The first-order chi connectivity index (χ1) is 15.6. The summed E-state index contributed by atoms with van der Waals surface area (Å²) in [7, 11) is 0. The SMILES string of the molecule is CC(C)C(NC(=O)c1ccccc1)C(=O)NC(CSC(C)(C)C)C(=O)OCc1ccccc1. The fourth-order valence-corrected chi connectivity index (χ4v) is 3.83. The Bertz CT molecular complexity index is 911. The first-order valence-corrected chi connectivity index (χ1v) is 12.1. The number of nitrogens with one attached hydrogen (secondary N) is 2. The first-order valence-electron chi connectivity index (χ1n) is 11.1. The van der Waals surface area contributed by atoms with Crippen molar-refractivity contribution in [1.82, 2.24) is 10.6 Å². The van der Waals surface area contributed by atoms with E-state index in [4.69, 9.17) is 4.74 Å². The molecule has 0 aromatic heterocycles. The molecule has 0 aliphatic heterocycles. The van der Waals surface area contributed by atoms with Gasteiger partial charge >= 0.3 is 5.97 Å². The van der Waals surface area contributed by atoms with Crippen LogP contribution < -0.4 is 10.6 Å². The number of thioether (sulfide) groups is 1. The highest BCUT2D eigenvalue weighted by Crippen LogP contribution is 2.24. The average Bonchev–Trinajstić information content (AvgIpc) is 2.78. The van der Waals surface area contributed by atoms with E-state index in [1.165, 1.54) is 0 Å². The Hall–Kier alpha value is -2.80. The summed E-state index contributed by atoms with van der Waals surface area (Å²) in [5.41, 5.74) is 1.34. The van der Waals surface area contributed by atoms with Gasteiger partial charge in [-0.15, -0.1) is 0 Å². The molecule has 2 rings (SSSR count). The Morgan fingerprint density at radius 3 is 2.03 bits per heavy atom. The van der Waals surface area contributed by atoms with E-state index in [0.717, 1.165) is 5.56 Å². The molecule has 2 atom stereocenters. The summed E-state index contributed by atoms with van der Waals surface area (Å²) in [6.45, 7) is 9.96. The second-order valence-electron chi connectivity index (χ2n) is 9.14. The maximum absolute atomic E-state index is 13.1. The summed E-state index contributed by atoms with van der Waals surface area (Å²) in [4.78, 5) is 38.6. The third-order valence-electron chi connectivity index (χ3n) is 4.78. The molecular formula is C26H34N2O4S. The van der Waals surface area contributed by atoms with Gasteiger partial charge in [-0.3, -0.25) is 9.59 Å². The van der Waals surface area contributed by atoms with Crippen LogP contribution in [0.2, 0.25) is 0 Å². The van der Waals surface area contributed by atoms with E-state index in [-0.39, 0.29) is 23.2 Å². The minimum absolute atomic E-state index is 0.0956. The van der Waals surface area contributed by atoms with E-state index in [0.29, 0.717) is 11.3 Å². The lowest BCUT2D eigenvalue weighted by Crippen LogP contribution is -2.54. The lowest BCUT2D eigenvalue weighted by atomic mass is 10.0. The van der Waals surface area contributed by atoms with Crippen molar-refractivity contribution in [2.24, 2.45) is 5.92 Å². The van der Waals surface area contributed by atoms with Gasteiger partial charge in [0.2, 0.25) is 5.91 Å². The predicted octanol–water partition coefficient (Wildman–Crippen LogP) is 4.20. The summed E-state index contributed by atoms with van der Waals surface area (Å²) in [5, 5.41) is 5.61. The van der Waals surface area contributed by atoms with Gasteiger partial charge in [-0.25, -0.2) is 4.79 Å². The molecule has 0 radical (unpaired) electrons. The normalized spacial score (nSPS) is 13.2. The molecule has 0 saturated carbocycles. The number of ether oxygens (including phenoxy) is 1. The Labute approximate surface area is 200 Å². The number of carbonyl (C=O) groups is 3. The monoisotopic (exact) mass is 470 g/mol. The summed E-state index contributed by atoms with van der Waals surface area (Å²) in [5.74, 6) is -1.06. The molecule has 2 unspecified atom stereocenters. The molecule has 178 valence electrons. The molecule has 0 heterocycles. The molecule has 2 amide bonds. The van der Waals surface area contributed by atoms with Crippen LogP contribution in [0.15, 0.2) is 60.7 Å². The van der Waals surface area contributed by atoms with Gasteiger partial charge in [0.15, 0.2) is 0 Å². The average molecular weight is 471 g/mol. The van der Waals surface area contributed by atoms with E-state index < -0.39 is 24.0 Å². The number of rotatable bonds is 10. The van der Waals surface area contributed by atoms with Gasteiger partial charge in [0, 0.05) is 16.1 Å². The van der Waals surface area contributed by atoms with Gasteiger partial charge in [-0.05, 0) is 23.6 Å². The highest BCUT2D eigenvalue weighted by Gasteiger charge is 2.30. The second-order valence-corrected chi connectivity index (χ2v) is 11.0. The fraction of sp³-hybridized carbons (Fsp3) is 0.423. The Balaban J connectivity index is 2.09. The molecule has 7 heteroatoms. The summed E-state index contributed by atoms with van der Waals surface area (Å²) in [6, 6.07) is 16.5. The lowest BCUT2D eigenvalue weighted by Gasteiger charge is -2.26. The molecular weight excluding hydrogens is 436 g/mol. The van der Waals surface area contributed by atoms with Crippen molar-refractivity contribution >= 4 is 29.5 Å². The van der Waals surface area contributed by atoms with E-state index in [1.807, 2.05) is 71.0 Å². The minimum atomic E-state index is -0.833. The Morgan fingerprint density at radius 1 is 0.909 bits per heavy atom. The molecule has 0 fully saturated rings. The zero-order valence-electron chi connectivity index (χ0n) is 20.0. The maximum Gasteiger partial charge on any atom is 0.329 e. The molecule has 6 nitrogen and oxygen atoms in total. The van der Waals surface area contributed by atoms with E-state index in [1.54, 1.807) is 36.0 Å². The standard InChI is InChI=1S/C26H34N2O4S/c1-18(2)22(28-23(29)20-14-10-7-11-15-20)24(30)27-21(17-33-26(3,4)5)25(31)32-16-19-12-8-6-9-13-19/h6-15,18,21-22H,16-17H2,1-5H3,(H,27,30)(H,28,29). The van der Waals surface area contributed by atoms with Gasteiger partial charge in [0.05, 0.1) is 0 Å². The minimum Gasteiger partial charge on any atom is -0.459 e. The second kappa shape index (κ2) is 12.4. The van der Waals surface area contributed by atoms with Crippen LogP contribution in [-0.4, -0.2) is 40.4 Å². The quantitative estimate of drug-likeness (QED) is 0.509. The topological polar surface area (TPSA) is 84.5 Å². The number of benzene rings is 2. The molecule has 2 aromatic carbocycles. The van der Waals surface area contributed by atoms with Crippen LogP contribution >= 0.6 is 11.8 Å². The van der Waals surface area contributed by atoms with Gasteiger partial charge in [-0.1, -0.05) is 83.1 Å². The lowest BCUT2D eigenvalue weighted by molar-refractivity contribution is -0.148. The van der Waals surface area contributed by atoms with Crippen molar-refractivity contribution in [1.29, 1.82) is 0 Å². The maximum atomic E-state index is 13.1. The van der Waals surface area contributed by atoms with Crippen molar-refractivity contribution in [3.05, 3.63) is 71.8 Å². The van der Waals surface area contributed by atoms with Gasteiger partial charge < -0.3 is 15.4 Å². The molecule has 33 heavy (non-hydrogen) atoms. The van der Waals surface area contributed by atoms with Crippen LogP contribution in [0, 0.1) is 5.92 Å². The number of amides is 2. The van der Waals surface area contributed by atoms with Crippen molar-refractivity contribution in [2.75, 3.05) is 5.75 Å². The number of esters is 1. The van der Waals surface area contributed by atoms with Crippen LogP contribution in [0.4, 0.5) is 0 Å². The van der Waals surface area contributed by atoms with Crippen LogP contribution in [0.3, 0.4) is 0 Å². The van der Waals surface area contributed by atoms with Crippen LogP contribution in [0.5, 0.6) is 0 Å². The molecule has 2 N–H and O–H groups in total. The van der Waals surface area contributed by atoms with Gasteiger partial charge in [0.25, 0.3) is 5.91 Å². The highest BCUT2D eigenvalue weighted by atomic mass is 32.2. The fourth-order valence-electron chi connectivity index (χ4n) is 2.94. The van der Waals surface area contributed by atoms with E-state index >= 15 is 0 Å². The molecule has 2 aromatic rings. The van der Waals surface area contributed by atoms with Crippen LogP contribution in [-0.2, 0) is 20.9 Å². The van der Waals surface area contributed by atoms with E-state index in [9.17, 15) is 14.4 Å². The van der Waals surface area contributed by atoms with Crippen molar-refractivity contribution in [2.45, 2.75) is 58.1 Å². The zero-order chi connectivity index (χ0) is 24.4. The summed E-state index contributed by atoms with van der Waals surface area (Å²) in [6.07, 6.45) is 0. The summed E-state index contributed by atoms with van der Waals surface area (Å²) >= 11 is 1.56. The highest BCUT2D eigenvalue weighted by molar-refractivity contribution is 8.00. The number of carbonyl (C=O) groups excluding carboxylic acids is 3. The Morgan fingerprint density at radius 2 is 1.48 bits per heavy atom. The molecule has 0 saturated heterocycles. The summed E-state index contributed by atoms with van der Waals surface area (Å²) < 4.78 is 5.40.